The average Bonchev–Trinajstić information content (AvgIpc) is 2.75. The van der Waals surface area contributed by atoms with Crippen LogP contribution in [0.25, 0.3) is 0 Å². The summed E-state index contributed by atoms with van der Waals surface area (Å²) in [6, 6.07) is 6.26. The first-order chi connectivity index (χ1) is 8.69. The zero-order valence-electron chi connectivity index (χ0n) is 10.9. The van der Waals surface area contributed by atoms with Gasteiger partial charge in [-0.1, -0.05) is 11.6 Å². The molecule has 2 atom stereocenters. The molecule has 0 aliphatic carbocycles. The highest BCUT2D eigenvalue weighted by Gasteiger charge is 2.23. The van der Waals surface area contributed by atoms with E-state index in [0.29, 0.717) is 6.04 Å². The number of methoxy groups -OCH3 is 1. The fourth-order valence-corrected chi connectivity index (χ4v) is 2.33. The van der Waals surface area contributed by atoms with Crippen molar-refractivity contribution < 1.29 is 9.47 Å². The van der Waals surface area contributed by atoms with Crippen molar-refractivity contribution >= 4 is 11.6 Å². The molecule has 1 aromatic carbocycles. The highest BCUT2D eigenvalue weighted by Crippen LogP contribution is 2.30. The zero-order chi connectivity index (χ0) is 13.0. The molecule has 0 bridgehead atoms. The number of nitrogens with one attached hydrogen (secondary N) is 1. The third-order valence-corrected chi connectivity index (χ3v) is 3.45. The van der Waals surface area contributed by atoms with Crippen LogP contribution in [0.5, 0.6) is 5.75 Å². The fraction of sp³-hybridized carbons (Fsp3) is 0.571. The third kappa shape index (κ3) is 3.61. The number of rotatable bonds is 6. The maximum absolute atomic E-state index is 5.97. The Hall–Kier alpha value is -0.770. The average molecular weight is 270 g/mol. The highest BCUT2D eigenvalue weighted by molar-refractivity contribution is 6.30. The molecule has 0 spiro atoms. The van der Waals surface area contributed by atoms with E-state index in [0.717, 1.165) is 36.8 Å². The molecular weight excluding hydrogens is 250 g/mol. The molecule has 1 N–H and O–H groups in total. The van der Waals surface area contributed by atoms with Crippen molar-refractivity contribution in [2.75, 3.05) is 20.3 Å². The molecule has 2 unspecified atom stereocenters. The molecule has 1 heterocycles. The van der Waals surface area contributed by atoms with Crippen LogP contribution >= 0.6 is 11.6 Å². The molecule has 4 heteroatoms. The molecule has 18 heavy (non-hydrogen) atoms. The van der Waals surface area contributed by atoms with E-state index >= 15 is 0 Å². The predicted octanol–water partition coefficient (Wildman–Crippen LogP) is 2.66. The van der Waals surface area contributed by atoms with Gasteiger partial charge in [0, 0.05) is 37.7 Å². The first kappa shape index (κ1) is 13.7. The Balaban J connectivity index is 1.77. The van der Waals surface area contributed by atoms with E-state index in [2.05, 4.69) is 12.2 Å². The Kier molecular flexibility index (Phi) is 4.87. The number of halogens is 1. The van der Waals surface area contributed by atoms with Crippen LogP contribution in [-0.4, -0.2) is 32.4 Å². The molecule has 0 amide bonds. The predicted molar refractivity (Wildman–Crippen MR) is 73.5 cm³/mol. The van der Waals surface area contributed by atoms with Crippen LogP contribution in [0.15, 0.2) is 18.2 Å². The highest BCUT2D eigenvalue weighted by atomic mass is 35.5. The van der Waals surface area contributed by atoms with E-state index in [9.17, 15) is 0 Å². The van der Waals surface area contributed by atoms with Crippen molar-refractivity contribution in [3.63, 3.8) is 0 Å². The van der Waals surface area contributed by atoms with Gasteiger partial charge in [0.05, 0.1) is 0 Å². The van der Waals surface area contributed by atoms with E-state index in [1.165, 1.54) is 5.56 Å². The summed E-state index contributed by atoms with van der Waals surface area (Å²) in [5.74, 6) is 0.968. The minimum absolute atomic E-state index is 0.212. The van der Waals surface area contributed by atoms with Crippen LogP contribution in [0, 0.1) is 0 Å². The van der Waals surface area contributed by atoms with Gasteiger partial charge in [-0.05, 0) is 37.1 Å². The van der Waals surface area contributed by atoms with E-state index in [1.807, 2.05) is 18.2 Å². The molecule has 1 aromatic rings. The molecule has 0 saturated heterocycles. The van der Waals surface area contributed by atoms with Crippen LogP contribution in [0.2, 0.25) is 5.02 Å². The molecule has 0 fully saturated rings. The van der Waals surface area contributed by atoms with E-state index < -0.39 is 0 Å². The second kappa shape index (κ2) is 6.41. The van der Waals surface area contributed by atoms with Crippen molar-refractivity contribution in [1.29, 1.82) is 0 Å². The van der Waals surface area contributed by atoms with Crippen molar-refractivity contribution in [2.45, 2.75) is 31.9 Å². The minimum atomic E-state index is 0.212. The fourth-order valence-electron chi connectivity index (χ4n) is 2.13. The van der Waals surface area contributed by atoms with E-state index in [-0.39, 0.29) is 6.10 Å². The Labute approximate surface area is 113 Å². The van der Waals surface area contributed by atoms with Gasteiger partial charge in [-0.25, -0.2) is 0 Å². The van der Waals surface area contributed by atoms with Crippen LogP contribution in [0.3, 0.4) is 0 Å². The van der Waals surface area contributed by atoms with Crippen LogP contribution < -0.4 is 10.1 Å². The van der Waals surface area contributed by atoms with Gasteiger partial charge in [0.2, 0.25) is 0 Å². The lowest BCUT2D eigenvalue weighted by atomic mass is 10.1. The first-order valence-electron chi connectivity index (χ1n) is 6.36. The first-order valence-corrected chi connectivity index (χ1v) is 6.74. The monoisotopic (exact) mass is 269 g/mol. The summed E-state index contributed by atoms with van der Waals surface area (Å²) in [6.07, 6.45) is 2.16. The topological polar surface area (TPSA) is 30.5 Å². The van der Waals surface area contributed by atoms with E-state index in [4.69, 9.17) is 21.1 Å². The normalized spacial score (nSPS) is 19.4. The van der Waals surface area contributed by atoms with Gasteiger partial charge in [-0.2, -0.15) is 0 Å². The summed E-state index contributed by atoms with van der Waals surface area (Å²) in [5.41, 5.74) is 1.21. The lowest BCUT2D eigenvalue weighted by Crippen LogP contribution is -2.36. The quantitative estimate of drug-likeness (QED) is 0.861. The Morgan fingerprint density at radius 3 is 3.17 bits per heavy atom. The summed E-state index contributed by atoms with van der Waals surface area (Å²) < 4.78 is 10.9. The smallest absolute Gasteiger partial charge is 0.123 e. The van der Waals surface area contributed by atoms with Gasteiger partial charge in [0.25, 0.3) is 0 Å². The summed E-state index contributed by atoms with van der Waals surface area (Å²) in [7, 11) is 1.73. The van der Waals surface area contributed by atoms with Gasteiger partial charge in [0.1, 0.15) is 11.9 Å². The van der Waals surface area contributed by atoms with Crippen molar-refractivity contribution in [3.8, 4) is 5.75 Å². The number of hydrogen-bond donors (Lipinski definition) is 1. The second-order valence-corrected chi connectivity index (χ2v) is 5.22. The second-order valence-electron chi connectivity index (χ2n) is 4.79. The number of ether oxygens (including phenoxy) is 2. The molecule has 2 rings (SSSR count). The maximum atomic E-state index is 5.97. The summed E-state index contributed by atoms with van der Waals surface area (Å²) in [4.78, 5) is 0. The molecule has 0 aromatic heterocycles. The molecular formula is C14H20ClNO2. The lowest BCUT2D eigenvalue weighted by molar-refractivity contribution is 0.177. The summed E-state index contributed by atoms with van der Waals surface area (Å²) in [5, 5.41) is 4.25. The third-order valence-electron chi connectivity index (χ3n) is 3.21. The maximum Gasteiger partial charge on any atom is 0.123 e. The molecule has 0 radical (unpaired) electrons. The molecule has 100 valence electrons. The molecule has 3 nitrogen and oxygen atoms in total. The van der Waals surface area contributed by atoms with Crippen LogP contribution in [0.1, 0.15) is 18.9 Å². The van der Waals surface area contributed by atoms with Gasteiger partial charge in [-0.15, -0.1) is 0 Å². The van der Waals surface area contributed by atoms with Gasteiger partial charge in [-0.3, -0.25) is 0 Å². The number of hydrogen-bond acceptors (Lipinski definition) is 3. The SMILES string of the molecule is COCCC(C)NCC1Cc2cc(Cl)ccc2O1. The van der Waals surface area contributed by atoms with Gasteiger partial charge >= 0.3 is 0 Å². The Morgan fingerprint density at radius 2 is 2.39 bits per heavy atom. The lowest BCUT2D eigenvalue weighted by Gasteiger charge is -2.16. The molecule has 1 aliphatic heterocycles. The standard InChI is InChI=1S/C14H20ClNO2/c1-10(5-6-17-2)16-9-13-8-11-7-12(15)3-4-14(11)18-13/h3-4,7,10,13,16H,5-6,8-9H2,1-2H3. The van der Waals surface area contributed by atoms with E-state index in [1.54, 1.807) is 7.11 Å². The van der Waals surface area contributed by atoms with Gasteiger partial charge in [0.15, 0.2) is 0 Å². The number of fused-ring (bicyclic) bond motifs is 1. The van der Waals surface area contributed by atoms with Crippen molar-refractivity contribution in [2.24, 2.45) is 0 Å². The Bertz CT molecular complexity index is 397. The van der Waals surface area contributed by atoms with Crippen LogP contribution in [0.4, 0.5) is 0 Å². The molecule has 1 aliphatic rings. The number of benzene rings is 1. The van der Waals surface area contributed by atoms with Crippen molar-refractivity contribution in [3.05, 3.63) is 28.8 Å². The van der Waals surface area contributed by atoms with Crippen molar-refractivity contribution in [1.82, 2.24) is 5.32 Å². The molecule has 0 saturated carbocycles. The van der Waals surface area contributed by atoms with Gasteiger partial charge < -0.3 is 14.8 Å². The summed E-state index contributed by atoms with van der Waals surface area (Å²) >= 11 is 5.97. The Morgan fingerprint density at radius 1 is 1.56 bits per heavy atom. The summed E-state index contributed by atoms with van der Waals surface area (Å²) in [6.45, 7) is 3.81. The minimum Gasteiger partial charge on any atom is -0.488 e. The van der Waals surface area contributed by atoms with Crippen LogP contribution in [-0.2, 0) is 11.2 Å². The largest absolute Gasteiger partial charge is 0.488 e. The zero-order valence-corrected chi connectivity index (χ0v) is 11.7.